The Kier molecular flexibility index (Phi) is 4.73. The molecule has 3 aromatic rings. The normalized spacial score (nSPS) is 11.5. The Labute approximate surface area is 152 Å². The molecule has 128 valence electrons. The average Bonchev–Trinajstić information content (AvgIpc) is 3.01. The summed E-state index contributed by atoms with van der Waals surface area (Å²) >= 11 is 1.28. The van der Waals surface area contributed by atoms with Crippen LogP contribution in [0.1, 0.15) is 46.7 Å². The van der Waals surface area contributed by atoms with E-state index in [2.05, 4.69) is 50.0 Å². The van der Waals surface area contributed by atoms with Crippen molar-refractivity contribution in [3.63, 3.8) is 0 Å². The summed E-state index contributed by atoms with van der Waals surface area (Å²) < 4.78 is 0. The number of carboxylic acid groups (broad SMARTS) is 1. The second-order valence-electron chi connectivity index (χ2n) is 7.09. The molecule has 0 amide bonds. The third-order valence-corrected chi connectivity index (χ3v) is 5.48. The number of aromatic carboxylic acids is 1. The number of carbonyl (C=O) groups is 1. The van der Waals surface area contributed by atoms with E-state index in [1.807, 2.05) is 30.3 Å². The zero-order valence-corrected chi connectivity index (χ0v) is 15.4. The molecule has 0 atom stereocenters. The molecule has 0 saturated heterocycles. The van der Waals surface area contributed by atoms with Crippen LogP contribution in [0, 0.1) is 0 Å². The molecule has 1 N–H and O–H groups in total. The fourth-order valence-corrected chi connectivity index (χ4v) is 3.58. The van der Waals surface area contributed by atoms with Crippen molar-refractivity contribution >= 4 is 17.3 Å². The number of benzene rings is 2. The first-order valence-corrected chi connectivity index (χ1v) is 9.04. The Morgan fingerprint density at radius 3 is 2.16 bits per heavy atom. The SMILES string of the molecule is CC(C)(C)c1nc(Cc2ccc(-c3ccccc3)cc2)c(C(=O)O)s1. The molecule has 1 aromatic heterocycles. The quantitative estimate of drug-likeness (QED) is 0.685. The topological polar surface area (TPSA) is 50.2 Å². The summed E-state index contributed by atoms with van der Waals surface area (Å²) in [5.41, 5.74) is 3.88. The molecule has 0 aliphatic rings. The number of hydrogen-bond donors (Lipinski definition) is 1. The number of carboxylic acids is 1. The molecule has 3 rings (SSSR count). The summed E-state index contributed by atoms with van der Waals surface area (Å²) in [4.78, 5) is 16.5. The molecule has 3 nitrogen and oxygen atoms in total. The van der Waals surface area contributed by atoms with Crippen molar-refractivity contribution < 1.29 is 9.90 Å². The second kappa shape index (κ2) is 6.81. The van der Waals surface area contributed by atoms with Crippen molar-refractivity contribution in [3.8, 4) is 11.1 Å². The van der Waals surface area contributed by atoms with Gasteiger partial charge >= 0.3 is 5.97 Å². The maximum absolute atomic E-state index is 11.6. The van der Waals surface area contributed by atoms with Gasteiger partial charge in [0.1, 0.15) is 4.88 Å². The lowest BCUT2D eigenvalue weighted by Gasteiger charge is -2.13. The van der Waals surface area contributed by atoms with E-state index < -0.39 is 5.97 Å². The third kappa shape index (κ3) is 3.97. The smallest absolute Gasteiger partial charge is 0.347 e. The van der Waals surface area contributed by atoms with Crippen molar-refractivity contribution in [2.24, 2.45) is 0 Å². The van der Waals surface area contributed by atoms with Crippen molar-refractivity contribution in [1.29, 1.82) is 0 Å². The summed E-state index contributed by atoms with van der Waals surface area (Å²) in [6.07, 6.45) is 0.531. The van der Waals surface area contributed by atoms with Gasteiger partial charge in [0.15, 0.2) is 0 Å². The highest BCUT2D eigenvalue weighted by Crippen LogP contribution is 2.31. The summed E-state index contributed by atoms with van der Waals surface area (Å²) in [6, 6.07) is 18.4. The minimum atomic E-state index is -0.899. The molecule has 2 aromatic carbocycles. The van der Waals surface area contributed by atoms with Crippen molar-refractivity contribution in [1.82, 2.24) is 4.98 Å². The van der Waals surface area contributed by atoms with Gasteiger partial charge in [-0.05, 0) is 16.7 Å². The summed E-state index contributed by atoms with van der Waals surface area (Å²) in [5, 5.41) is 10.3. The zero-order valence-electron chi connectivity index (χ0n) is 14.6. The van der Waals surface area contributed by atoms with Crippen molar-refractivity contribution in [2.75, 3.05) is 0 Å². The first-order chi connectivity index (χ1) is 11.8. The lowest BCUT2D eigenvalue weighted by atomic mass is 9.98. The minimum absolute atomic E-state index is 0.149. The highest BCUT2D eigenvalue weighted by atomic mass is 32.1. The number of nitrogens with zero attached hydrogens (tertiary/aromatic N) is 1. The van der Waals surface area contributed by atoms with Crippen LogP contribution >= 0.6 is 11.3 Å². The molecular formula is C21H21NO2S. The molecule has 0 spiro atoms. The fraction of sp³-hybridized carbons (Fsp3) is 0.238. The van der Waals surface area contributed by atoms with Gasteiger partial charge in [-0.25, -0.2) is 9.78 Å². The monoisotopic (exact) mass is 351 g/mol. The maximum atomic E-state index is 11.6. The Balaban J connectivity index is 1.87. The molecule has 4 heteroatoms. The number of thiazole rings is 1. The van der Waals surface area contributed by atoms with Crippen molar-refractivity contribution in [3.05, 3.63) is 75.7 Å². The van der Waals surface area contributed by atoms with E-state index in [1.165, 1.54) is 16.9 Å². The lowest BCUT2D eigenvalue weighted by molar-refractivity contribution is 0.0701. The van der Waals surface area contributed by atoms with Crippen LogP contribution in [-0.2, 0) is 11.8 Å². The van der Waals surface area contributed by atoms with Crippen LogP contribution in [-0.4, -0.2) is 16.1 Å². The molecule has 25 heavy (non-hydrogen) atoms. The van der Waals surface area contributed by atoms with Gasteiger partial charge in [0.05, 0.1) is 10.7 Å². The van der Waals surface area contributed by atoms with Gasteiger partial charge in [-0.15, -0.1) is 11.3 Å². The van der Waals surface area contributed by atoms with Gasteiger partial charge in [0.25, 0.3) is 0 Å². The van der Waals surface area contributed by atoms with Crippen molar-refractivity contribution in [2.45, 2.75) is 32.6 Å². The Morgan fingerprint density at radius 2 is 1.60 bits per heavy atom. The molecule has 0 fully saturated rings. The van der Waals surface area contributed by atoms with Crippen LogP contribution in [0.15, 0.2) is 54.6 Å². The molecule has 0 saturated carbocycles. The molecule has 0 radical (unpaired) electrons. The average molecular weight is 351 g/mol. The predicted molar refractivity (Wildman–Crippen MR) is 102 cm³/mol. The standard InChI is InChI=1S/C21H21NO2S/c1-21(2,3)20-22-17(18(25-20)19(23)24)13-14-9-11-16(12-10-14)15-7-5-4-6-8-15/h4-12H,13H2,1-3H3,(H,23,24). The Morgan fingerprint density at radius 1 is 1.00 bits per heavy atom. The number of aromatic nitrogens is 1. The number of rotatable bonds is 4. The van der Waals surface area contributed by atoms with E-state index in [1.54, 1.807) is 0 Å². The van der Waals surface area contributed by atoms with Crippen LogP contribution in [0.5, 0.6) is 0 Å². The van der Waals surface area contributed by atoms with E-state index in [0.29, 0.717) is 17.0 Å². The first-order valence-electron chi connectivity index (χ1n) is 8.22. The Hall–Kier alpha value is -2.46. The van der Waals surface area contributed by atoms with Gasteiger partial charge in [-0.2, -0.15) is 0 Å². The molecule has 0 aliphatic heterocycles. The zero-order chi connectivity index (χ0) is 18.0. The van der Waals surface area contributed by atoms with Crippen LogP contribution in [0.2, 0.25) is 0 Å². The van der Waals surface area contributed by atoms with E-state index in [0.717, 1.165) is 16.1 Å². The van der Waals surface area contributed by atoms with Gasteiger partial charge in [-0.1, -0.05) is 75.4 Å². The lowest BCUT2D eigenvalue weighted by Crippen LogP contribution is -2.10. The maximum Gasteiger partial charge on any atom is 0.347 e. The van der Waals surface area contributed by atoms with Crippen LogP contribution in [0.4, 0.5) is 0 Å². The first kappa shape index (κ1) is 17.4. The van der Waals surface area contributed by atoms with E-state index in [9.17, 15) is 9.90 Å². The molecule has 1 heterocycles. The van der Waals surface area contributed by atoms with E-state index in [4.69, 9.17) is 0 Å². The summed E-state index contributed by atoms with van der Waals surface area (Å²) in [7, 11) is 0. The highest BCUT2D eigenvalue weighted by Gasteiger charge is 2.24. The van der Waals surface area contributed by atoms with Gasteiger partial charge < -0.3 is 5.11 Å². The predicted octanol–water partition coefficient (Wildman–Crippen LogP) is 5.40. The number of hydrogen-bond acceptors (Lipinski definition) is 3. The van der Waals surface area contributed by atoms with Gasteiger partial charge in [0, 0.05) is 11.8 Å². The molecule has 0 unspecified atom stereocenters. The minimum Gasteiger partial charge on any atom is -0.477 e. The summed E-state index contributed by atoms with van der Waals surface area (Å²) in [5.74, 6) is -0.899. The molecule has 0 aliphatic carbocycles. The van der Waals surface area contributed by atoms with E-state index in [-0.39, 0.29) is 5.41 Å². The molecule has 0 bridgehead atoms. The van der Waals surface area contributed by atoms with Gasteiger partial charge in [-0.3, -0.25) is 0 Å². The second-order valence-corrected chi connectivity index (χ2v) is 8.09. The third-order valence-electron chi connectivity index (χ3n) is 3.97. The van der Waals surface area contributed by atoms with E-state index >= 15 is 0 Å². The van der Waals surface area contributed by atoms with Crippen LogP contribution < -0.4 is 0 Å². The Bertz CT molecular complexity index is 875. The fourth-order valence-electron chi connectivity index (χ4n) is 2.60. The molecular weight excluding hydrogens is 330 g/mol. The van der Waals surface area contributed by atoms with Gasteiger partial charge in [0.2, 0.25) is 0 Å². The summed E-state index contributed by atoms with van der Waals surface area (Å²) in [6.45, 7) is 6.15. The van der Waals surface area contributed by atoms with Crippen LogP contribution in [0.25, 0.3) is 11.1 Å². The van der Waals surface area contributed by atoms with Crippen LogP contribution in [0.3, 0.4) is 0 Å². The highest BCUT2D eigenvalue weighted by molar-refractivity contribution is 7.13. The largest absolute Gasteiger partial charge is 0.477 e.